The van der Waals surface area contributed by atoms with Gasteiger partial charge >= 0.3 is 23.8 Å². The maximum atomic E-state index is 12.6. The van der Waals surface area contributed by atoms with Crippen molar-refractivity contribution < 1.29 is 37.4 Å². The molecular formula is C14H16F2O6. The van der Waals surface area contributed by atoms with Crippen LogP contribution in [0, 0.1) is 17.8 Å². The number of ether oxygens (including phenoxy) is 3. The summed E-state index contributed by atoms with van der Waals surface area (Å²) < 4.78 is 40.0. The lowest BCUT2D eigenvalue weighted by Gasteiger charge is -2.25. The first-order valence-corrected chi connectivity index (χ1v) is 7.22. The van der Waals surface area contributed by atoms with E-state index in [1.54, 1.807) is 0 Å². The molecular weight excluding hydrogens is 302 g/mol. The van der Waals surface area contributed by atoms with Gasteiger partial charge in [0.05, 0.1) is 12.3 Å². The zero-order valence-corrected chi connectivity index (χ0v) is 11.9. The molecule has 0 amide bonds. The number of hydrogen-bond acceptors (Lipinski definition) is 6. The Morgan fingerprint density at radius 3 is 2.77 bits per heavy atom. The molecule has 22 heavy (non-hydrogen) atoms. The fourth-order valence-corrected chi connectivity index (χ4v) is 3.63. The first-order chi connectivity index (χ1) is 10.3. The number of fused-ring (bicyclic) bond motifs is 1. The molecule has 3 rings (SSSR count). The van der Waals surface area contributed by atoms with Crippen LogP contribution >= 0.6 is 0 Å². The van der Waals surface area contributed by atoms with Gasteiger partial charge < -0.3 is 14.2 Å². The van der Waals surface area contributed by atoms with Gasteiger partial charge in [-0.15, -0.1) is 0 Å². The lowest BCUT2D eigenvalue weighted by molar-refractivity contribution is -0.172. The monoisotopic (exact) mass is 318 g/mol. The molecule has 0 spiro atoms. The van der Waals surface area contributed by atoms with Gasteiger partial charge in [0.2, 0.25) is 0 Å². The molecule has 5 atom stereocenters. The van der Waals surface area contributed by atoms with Gasteiger partial charge in [-0.25, -0.2) is 4.79 Å². The van der Waals surface area contributed by atoms with E-state index in [0.717, 1.165) is 6.42 Å². The van der Waals surface area contributed by atoms with Crippen molar-refractivity contribution in [2.75, 3.05) is 6.61 Å². The molecule has 0 N–H and O–H groups in total. The van der Waals surface area contributed by atoms with Crippen LogP contribution in [0.1, 0.15) is 26.2 Å². The quantitative estimate of drug-likeness (QED) is 0.557. The van der Waals surface area contributed by atoms with Gasteiger partial charge in [-0.3, -0.25) is 9.59 Å². The summed E-state index contributed by atoms with van der Waals surface area (Å²) in [5.41, 5.74) is 0. The number of carbonyl (C=O) groups excluding carboxylic acids is 3. The maximum Gasteiger partial charge on any atom is 0.376 e. The van der Waals surface area contributed by atoms with Crippen LogP contribution < -0.4 is 0 Å². The van der Waals surface area contributed by atoms with Crippen molar-refractivity contribution in [1.29, 1.82) is 0 Å². The molecule has 5 unspecified atom stereocenters. The molecule has 0 aromatic heterocycles. The second-order valence-corrected chi connectivity index (χ2v) is 6.13. The van der Waals surface area contributed by atoms with E-state index in [9.17, 15) is 23.2 Å². The van der Waals surface area contributed by atoms with Crippen molar-refractivity contribution in [3.63, 3.8) is 0 Å². The van der Waals surface area contributed by atoms with E-state index < -0.39 is 30.6 Å². The molecule has 1 saturated heterocycles. The van der Waals surface area contributed by atoms with E-state index in [2.05, 4.69) is 4.74 Å². The Morgan fingerprint density at radius 1 is 1.36 bits per heavy atom. The third-order valence-corrected chi connectivity index (χ3v) is 4.58. The number of alkyl halides is 2. The van der Waals surface area contributed by atoms with Crippen LogP contribution in [0.25, 0.3) is 0 Å². The zero-order valence-electron chi connectivity index (χ0n) is 11.9. The van der Waals surface area contributed by atoms with Gasteiger partial charge in [0.15, 0.2) is 0 Å². The predicted molar refractivity (Wildman–Crippen MR) is 65.7 cm³/mol. The summed E-state index contributed by atoms with van der Waals surface area (Å²) in [6.07, 6.45) is 0.302. The highest BCUT2D eigenvalue weighted by molar-refractivity contribution is 5.78. The van der Waals surface area contributed by atoms with Crippen LogP contribution in [-0.2, 0) is 28.6 Å². The smallest absolute Gasteiger partial charge is 0.376 e. The van der Waals surface area contributed by atoms with Gasteiger partial charge in [-0.05, 0) is 12.8 Å². The number of hydrogen-bond donors (Lipinski definition) is 0. The molecule has 122 valence electrons. The minimum Gasteiger partial charge on any atom is -0.461 e. The first kappa shape index (κ1) is 15.2. The molecule has 8 heteroatoms. The predicted octanol–water partition coefficient (Wildman–Crippen LogP) is 1.07. The van der Waals surface area contributed by atoms with Crippen molar-refractivity contribution in [2.45, 2.75) is 44.3 Å². The summed E-state index contributed by atoms with van der Waals surface area (Å²) in [5, 5.41) is 0. The van der Waals surface area contributed by atoms with E-state index in [4.69, 9.17) is 9.47 Å². The Bertz CT molecular complexity index is 514. The standard InChI is InChI=1S/C14H16F2O6/c1-14(15,16)13(19)20-3-2-9(17)21-10-6-4-7-8(5-6)12(18)22-11(7)10/h6-8,10-11H,2-5H2,1H3. The average molecular weight is 318 g/mol. The molecule has 0 radical (unpaired) electrons. The van der Waals surface area contributed by atoms with Gasteiger partial charge in [-0.2, -0.15) is 8.78 Å². The number of carbonyl (C=O) groups is 3. The number of esters is 3. The fraction of sp³-hybridized carbons (Fsp3) is 0.786. The summed E-state index contributed by atoms with van der Waals surface area (Å²) in [5.74, 6) is -5.98. The summed E-state index contributed by atoms with van der Waals surface area (Å²) in [7, 11) is 0. The van der Waals surface area contributed by atoms with Crippen molar-refractivity contribution in [1.82, 2.24) is 0 Å². The van der Waals surface area contributed by atoms with Crippen LogP contribution in [0.2, 0.25) is 0 Å². The van der Waals surface area contributed by atoms with Gasteiger partial charge in [0.25, 0.3) is 0 Å². The second kappa shape index (κ2) is 5.17. The highest BCUT2D eigenvalue weighted by Crippen LogP contribution is 2.55. The topological polar surface area (TPSA) is 78.9 Å². The summed E-state index contributed by atoms with van der Waals surface area (Å²) in [6.45, 7) is -0.0389. The third-order valence-electron chi connectivity index (χ3n) is 4.58. The van der Waals surface area contributed by atoms with Gasteiger partial charge in [-0.1, -0.05) is 0 Å². The highest BCUT2D eigenvalue weighted by Gasteiger charge is 2.63. The Morgan fingerprint density at radius 2 is 2.09 bits per heavy atom. The molecule has 2 saturated carbocycles. The van der Waals surface area contributed by atoms with Gasteiger partial charge in [0.1, 0.15) is 18.8 Å². The van der Waals surface area contributed by atoms with Crippen LogP contribution in [-0.4, -0.2) is 42.6 Å². The van der Waals surface area contributed by atoms with E-state index in [0.29, 0.717) is 13.3 Å². The van der Waals surface area contributed by atoms with Crippen LogP contribution in [0.5, 0.6) is 0 Å². The Balaban J connectivity index is 1.46. The van der Waals surface area contributed by atoms with Crippen molar-refractivity contribution in [3.8, 4) is 0 Å². The molecule has 2 bridgehead atoms. The number of rotatable bonds is 5. The lowest BCUT2D eigenvalue weighted by Crippen LogP contribution is -2.36. The summed E-state index contributed by atoms with van der Waals surface area (Å²) in [6, 6.07) is 0. The van der Waals surface area contributed by atoms with Crippen molar-refractivity contribution >= 4 is 17.9 Å². The largest absolute Gasteiger partial charge is 0.461 e. The highest BCUT2D eigenvalue weighted by atomic mass is 19.3. The van der Waals surface area contributed by atoms with E-state index in [-0.39, 0.29) is 36.2 Å². The summed E-state index contributed by atoms with van der Waals surface area (Å²) >= 11 is 0. The molecule has 3 fully saturated rings. The van der Waals surface area contributed by atoms with Crippen molar-refractivity contribution in [2.24, 2.45) is 17.8 Å². The maximum absolute atomic E-state index is 12.6. The Labute approximate surface area is 125 Å². The van der Waals surface area contributed by atoms with E-state index >= 15 is 0 Å². The van der Waals surface area contributed by atoms with Crippen LogP contribution in [0.3, 0.4) is 0 Å². The number of halogens is 2. The van der Waals surface area contributed by atoms with Crippen LogP contribution in [0.15, 0.2) is 0 Å². The molecule has 1 aliphatic heterocycles. The molecule has 3 aliphatic rings. The molecule has 0 aromatic rings. The fourth-order valence-electron chi connectivity index (χ4n) is 3.63. The van der Waals surface area contributed by atoms with Crippen molar-refractivity contribution in [3.05, 3.63) is 0 Å². The normalized spacial score (nSPS) is 35.4. The zero-order chi connectivity index (χ0) is 16.1. The van der Waals surface area contributed by atoms with Gasteiger partial charge in [0, 0.05) is 18.8 Å². The first-order valence-electron chi connectivity index (χ1n) is 7.22. The molecule has 2 aliphatic carbocycles. The minimum atomic E-state index is -3.58. The van der Waals surface area contributed by atoms with Crippen LogP contribution in [0.4, 0.5) is 8.78 Å². The molecule has 6 nitrogen and oxygen atoms in total. The second-order valence-electron chi connectivity index (χ2n) is 6.13. The Hall–Kier alpha value is -1.73. The molecule has 1 heterocycles. The van der Waals surface area contributed by atoms with E-state index in [1.165, 1.54) is 0 Å². The molecule has 0 aromatic carbocycles. The lowest BCUT2D eigenvalue weighted by atomic mass is 9.88. The Kier molecular flexibility index (Phi) is 3.57. The third kappa shape index (κ3) is 2.55. The average Bonchev–Trinajstić information content (AvgIpc) is 3.02. The minimum absolute atomic E-state index is 0.0716. The SMILES string of the molecule is CC(F)(F)C(=O)OCCC(=O)OC1C2CC3C(=O)OC1C3C2. The van der Waals surface area contributed by atoms with E-state index in [1.807, 2.05) is 0 Å². The summed E-state index contributed by atoms with van der Waals surface area (Å²) in [4.78, 5) is 34.1.